The molecular formula is C25H23N3O5. The fourth-order valence-corrected chi connectivity index (χ4v) is 3.73. The number of rotatable bonds is 7. The number of carbonyl (C=O) groups excluding carboxylic acids is 3. The van der Waals surface area contributed by atoms with E-state index in [0.717, 1.165) is 27.7 Å². The number of nitrogens with zero attached hydrogens (tertiary/aromatic N) is 2. The highest BCUT2D eigenvalue weighted by molar-refractivity contribution is 6.31. The first-order chi connectivity index (χ1) is 15.9. The predicted octanol–water partition coefficient (Wildman–Crippen LogP) is 3.91. The molecule has 1 fully saturated rings. The highest BCUT2D eigenvalue weighted by atomic mass is 16.5. The summed E-state index contributed by atoms with van der Waals surface area (Å²) in [5.41, 5.74) is 3.26. The highest BCUT2D eigenvalue weighted by Crippen LogP contribution is 2.26. The maximum absolute atomic E-state index is 13.0. The van der Waals surface area contributed by atoms with Crippen molar-refractivity contribution >= 4 is 23.9 Å². The highest BCUT2D eigenvalue weighted by Gasteiger charge is 2.36. The summed E-state index contributed by atoms with van der Waals surface area (Å²) in [5, 5.41) is 2.23. The van der Waals surface area contributed by atoms with Gasteiger partial charge in [0.25, 0.3) is 11.8 Å². The summed E-state index contributed by atoms with van der Waals surface area (Å²) in [6.45, 7) is 7.83. The molecule has 0 radical (unpaired) electrons. The van der Waals surface area contributed by atoms with Gasteiger partial charge in [0.2, 0.25) is 0 Å². The number of hydrogen-bond donors (Lipinski definition) is 1. The minimum absolute atomic E-state index is 0.0679. The molecule has 4 rings (SSSR count). The lowest BCUT2D eigenvalue weighted by Gasteiger charge is -2.25. The second-order valence-corrected chi connectivity index (χ2v) is 7.54. The van der Waals surface area contributed by atoms with Crippen molar-refractivity contribution in [2.75, 3.05) is 6.61 Å². The number of imide groups is 2. The second kappa shape index (κ2) is 9.04. The van der Waals surface area contributed by atoms with Crippen LogP contribution in [-0.2, 0) is 16.1 Å². The molecule has 0 aliphatic carbocycles. The molecule has 168 valence electrons. The molecule has 0 bridgehead atoms. The lowest BCUT2D eigenvalue weighted by atomic mass is 10.1. The van der Waals surface area contributed by atoms with Gasteiger partial charge in [-0.2, -0.15) is 0 Å². The number of furan rings is 1. The van der Waals surface area contributed by atoms with Crippen molar-refractivity contribution in [2.45, 2.75) is 20.4 Å². The van der Waals surface area contributed by atoms with Gasteiger partial charge in [-0.3, -0.25) is 19.8 Å². The molecule has 1 aliphatic rings. The van der Waals surface area contributed by atoms with Crippen LogP contribution in [0.15, 0.2) is 71.4 Å². The smallest absolute Gasteiger partial charge is 0.331 e. The molecule has 3 heterocycles. The Kier molecular flexibility index (Phi) is 5.99. The number of benzene rings is 1. The Morgan fingerprint density at radius 1 is 1.12 bits per heavy atom. The Morgan fingerprint density at radius 2 is 1.88 bits per heavy atom. The normalized spacial score (nSPS) is 15.2. The average Bonchev–Trinajstić information content (AvgIpc) is 3.40. The van der Waals surface area contributed by atoms with E-state index in [1.807, 2.05) is 48.7 Å². The van der Waals surface area contributed by atoms with Crippen molar-refractivity contribution < 1.29 is 23.5 Å². The zero-order valence-electron chi connectivity index (χ0n) is 18.3. The van der Waals surface area contributed by atoms with Gasteiger partial charge in [-0.25, -0.2) is 4.79 Å². The number of urea groups is 1. The molecule has 1 saturated heterocycles. The van der Waals surface area contributed by atoms with Crippen LogP contribution in [-0.4, -0.2) is 33.9 Å². The monoisotopic (exact) mass is 445 g/mol. The molecule has 3 aromatic rings. The second-order valence-electron chi connectivity index (χ2n) is 7.54. The number of hydrogen-bond acceptors (Lipinski definition) is 5. The fourth-order valence-electron chi connectivity index (χ4n) is 3.73. The Morgan fingerprint density at radius 3 is 2.55 bits per heavy atom. The van der Waals surface area contributed by atoms with E-state index in [4.69, 9.17) is 9.15 Å². The SMILES string of the molecule is C=CCOc1ccc(-n2c(C)cc(C=C3C(=O)NC(=O)N(Cc4ccco4)C3=O)c2C)cc1. The molecule has 1 aromatic carbocycles. The summed E-state index contributed by atoms with van der Waals surface area (Å²) < 4.78 is 12.8. The van der Waals surface area contributed by atoms with E-state index in [0.29, 0.717) is 17.9 Å². The van der Waals surface area contributed by atoms with Gasteiger partial charge in [0.05, 0.1) is 12.8 Å². The molecule has 0 saturated carbocycles. The van der Waals surface area contributed by atoms with Crippen molar-refractivity contribution in [3.8, 4) is 11.4 Å². The Hall–Kier alpha value is -4.33. The third-order valence-electron chi connectivity index (χ3n) is 5.31. The van der Waals surface area contributed by atoms with Gasteiger partial charge < -0.3 is 13.7 Å². The summed E-state index contributed by atoms with van der Waals surface area (Å²) in [7, 11) is 0. The summed E-state index contributed by atoms with van der Waals surface area (Å²) >= 11 is 0. The first kappa shape index (κ1) is 21.9. The summed E-state index contributed by atoms with van der Waals surface area (Å²) in [4.78, 5) is 38.6. The number of amides is 4. The van der Waals surface area contributed by atoms with Crippen LogP contribution in [0, 0.1) is 13.8 Å². The van der Waals surface area contributed by atoms with Crippen molar-refractivity contribution in [1.29, 1.82) is 0 Å². The van der Waals surface area contributed by atoms with E-state index in [1.54, 1.807) is 18.2 Å². The molecule has 0 unspecified atom stereocenters. The van der Waals surface area contributed by atoms with Crippen molar-refractivity contribution in [3.05, 3.63) is 89.7 Å². The van der Waals surface area contributed by atoms with Gasteiger partial charge in [0.15, 0.2) is 0 Å². The first-order valence-electron chi connectivity index (χ1n) is 10.3. The molecule has 2 aromatic heterocycles. The number of aryl methyl sites for hydroxylation is 1. The van der Waals surface area contributed by atoms with Crippen LogP contribution < -0.4 is 10.1 Å². The minimum atomic E-state index is -0.775. The Balaban J connectivity index is 1.64. The van der Waals surface area contributed by atoms with Gasteiger partial charge in [-0.15, -0.1) is 0 Å². The molecule has 33 heavy (non-hydrogen) atoms. The van der Waals surface area contributed by atoms with Crippen LogP contribution in [0.5, 0.6) is 5.75 Å². The van der Waals surface area contributed by atoms with E-state index in [2.05, 4.69) is 11.9 Å². The fraction of sp³-hybridized carbons (Fsp3) is 0.160. The maximum Gasteiger partial charge on any atom is 0.331 e. The lowest BCUT2D eigenvalue weighted by Crippen LogP contribution is -2.53. The summed E-state index contributed by atoms with van der Waals surface area (Å²) in [6.07, 6.45) is 4.65. The van der Waals surface area contributed by atoms with Crippen LogP contribution >= 0.6 is 0 Å². The maximum atomic E-state index is 13.0. The summed E-state index contributed by atoms with van der Waals surface area (Å²) in [6, 6.07) is 12.0. The molecule has 1 aliphatic heterocycles. The van der Waals surface area contributed by atoms with E-state index < -0.39 is 17.8 Å². The molecule has 4 amide bonds. The number of aromatic nitrogens is 1. The van der Waals surface area contributed by atoms with Crippen LogP contribution in [0.1, 0.15) is 22.7 Å². The topological polar surface area (TPSA) is 93.8 Å². The number of ether oxygens (including phenoxy) is 1. The predicted molar refractivity (Wildman–Crippen MR) is 122 cm³/mol. The first-order valence-corrected chi connectivity index (χ1v) is 10.3. The van der Waals surface area contributed by atoms with Crippen molar-refractivity contribution in [2.24, 2.45) is 0 Å². The molecule has 8 nitrogen and oxygen atoms in total. The van der Waals surface area contributed by atoms with Gasteiger partial charge in [-0.05, 0) is 68.0 Å². The van der Waals surface area contributed by atoms with Gasteiger partial charge in [0, 0.05) is 17.1 Å². The molecule has 1 N–H and O–H groups in total. The Bertz CT molecular complexity index is 1250. The van der Waals surface area contributed by atoms with Crippen LogP contribution in [0.4, 0.5) is 4.79 Å². The minimum Gasteiger partial charge on any atom is -0.490 e. The number of carbonyl (C=O) groups is 3. The van der Waals surface area contributed by atoms with Gasteiger partial charge >= 0.3 is 6.03 Å². The number of nitrogens with one attached hydrogen (secondary N) is 1. The third kappa shape index (κ3) is 4.36. The van der Waals surface area contributed by atoms with Gasteiger partial charge in [-0.1, -0.05) is 12.7 Å². The van der Waals surface area contributed by atoms with Crippen molar-refractivity contribution in [1.82, 2.24) is 14.8 Å². The van der Waals surface area contributed by atoms with Crippen molar-refractivity contribution in [3.63, 3.8) is 0 Å². The largest absolute Gasteiger partial charge is 0.490 e. The lowest BCUT2D eigenvalue weighted by molar-refractivity contribution is -0.130. The molecule has 0 atom stereocenters. The van der Waals surface area contributed by atoms with Crippen LogP contribution in [0.2, 0.25) is 0 Å². The Labute approximate surface area is 190 Å². The van der Waals surface area contributed by atoms with Crippen LogP contribution in [0.3, 0.4) is 0 Å². The molecule has 8 heteroatoms. The van der Waals surface area contributed by atoms with E-state index in [9.17, 15) is 14.4 Å². The quantitative estimate of drug-likeness (QED) is 0.338. The zero-order chi connectivity index (χ0) is 23.5. The number of barbiturate groups is 1. The van der Waals surface area contributed by atoms with Gasteiger partial charge in [0.1, 0.15) is 23.7 Å². The van der Waals surface area contributed by atoms with Crippen LogP contribution in [0.25, 0.3) is 11.8 Å². The molecular weight excluding hydrogens is 422 g/mol. The van der Waals surface area contributed by atoms with E-state index in [-0.39, 0.29) is 12.1 Å². The molecule has 0 spiro atoms. The zero-order valence-corrected chi connectivity index (χ0v) is 18.3. The van der Waals surface area contributed by atoms with E-state index >= 15 is 0 Å². The third-order valence-corrected chi connectivity index (χ3v) is 5.31. The standard InChI is InChI=1S/C25H23N3O5/c1-4-11-32-20-9-7-19(8-10-20)28-16(2)13-18(17(28)3)14-22-23(29)26-25(31)27(24(22)30)15-21-6-5-12-33-21/h4-10,12-14H,1,11,15H2,2-3H3,(H,26,29,31). The summed E-state index contributed by atoms with van der Waals surface area (Å²) in [5.74, 6) is -0.233. The average molecular weight is 445 g/mol. The van der Waals surface area contributed by atoms with E-state index in [1.165, 1.54) is 12.3 Å².